The highest BCUT2D eigenvalue weighted by molar-refractivity contribution is 5.41. The van der Waals surface area contributed by atoms with Crippen LogP contribution in [-0.4, -0.2) is 9.55 Å². The first-order chi connectivity index (χ1) is 8.13. The van der Waals surface area contributed by atoms with Crippen molar-refractivity contribution >= 4 is 5.82 Å². The van der Waals surface area contributed by atoms with Crippen LogP contribution in [0.3, 0.4) is 0 Å². The summed E-state index contributed by atoms with van der Waals surface area (Å²) >= 11 is 0. The van der Waals surface area contributed by atoms with E-state index in [1.54, 1.807) is 0 Å². The second-order valence-electron chi connectivity index (χ2n) is 5.29. The number of allylic oxidation sites excluding steroid dienone is 1. The van der Waals surface area contributed by atoms with Crippen LogP contribution in [0.4, 0.5) is 5.82 Å². The number of rotatable bonds is 3. The fraction of sp³-hybridized carbons (Fsp3) is 0.643. The van der Waals surface area contributed by atoms with E-state index in [-0.39, 0.29) is 0 Å². The Morgan fingerprint density at radius 2 is 2.06 bits per heavy atom. The number of aromatic nitrogens is 2. The molecular formula is C14H23N3. The summed E-state index contributed by atoms with van der Waals surface area (Å²) in [6, 6.07) is 0. The summed E-state index contributed by atoms with van der Waals surface area (Å²) in [7, 11) is 0. The lowest BCUT2D eigenvalue weighted by molar-refractivity contribution is 0.345. The quantitative estimate of drug-likeness (QED) is 0.814. The van der Waals surface area contributed by atoms with Gasteiger partial charge in [-0.3, -0.25) is 0 Å². The zero-order valence-corrected chi connectivity index (χ0v) is 10.9. The average molecular weight is 233 g/mol. The van der Waals surface area contributed by atoms with Gasteiger partial charge in [-0.1, -0.05) is 25.8 Å². The molecule has 0 bridgehead atoms. The molecule has 1 fully saturated rings. The van der Waals surface area contributed by atoms with Crippen LogP contribution in [0.25, 0.3) is 0 Å². The minimum absolute atomic E-state index is 0.566. The second kappa shape index (κ2) is 4.94. The van der Waals surface area contributed by atoms with E-state index in [1.165, 1.54) is 25.7 Å². The van der Waals surface area contributed by atoms with Gasteiger partial charge in [-0.15, -0.1) is 6.58 Å². The Hall–Kier alpha value is -1.25. The summed E-state index contributed by atoms with van der Waals surface area (Å²) in [5.41, 5.74) is 7.33. The first kappa shape index (κ1) is 12.2. The molecule has 0 atom stereocenters. The van der Waals surface area contributed by atoms with Crippen molar-refractivity contribution in [1.82, 2.24) is 9.55 Å². The molecule has 0 saturated heterocycles. The van der Waals surface area contributed by atoms with E-state index in [9.17, 15) is 0 Å². The number of nitrogens with two attached hydrogens (primary N) is 1. The van der Waals surface area contributed by atoms with Gasteiger partial charge in [-0.25, -0.2) is 4.98 Å². The summed E-state index contributed by atoms with van der Waals surface area (Å²) in [6.07, 6.45) is 6.94. The molecule has 0 amide bonds. The highest BCUT2D eigenvalue weighted by Gasteiger charge is 2.25. The molecule has 2 rings (SSSR count). The molecule has 1 aromatic rings. The fourth-order valence-corrected chi connectivity index (χ4v) is 2.80. The molecule has 17 heavy (non-hydrogen) atoms. The zero-order valence-electron chi connectivity index (χ0n) is 10.9. The maximum atomic E-state index is 6.21. The van der Waals surface area contributed by atoms with Gasteiger partial charge in [0.1, 0.15) is 11.6 Å². The number of hydrogen-bond donors (Lipinski definition) is 1. The molecule has 1 aliphatic rings. The summed E-state index contributed by atoms with van der Waals surface area (Å²) in [5.74, 6) is 3.29. The molecule has 1 heterocycles. The molecule has 0 spiro atoms. The fourth-order valence-electron chi connectivity index (χ4n) is 2.80. The SMILES string of the molecule is C=CCn1c(C)nc(C2CCC(C)CC2)c1N. The predicted octanol–water partition coefficient (Wildman–Crippen LogP) is 3.25. The Bertz CT molecular complexity index is 398. The maximum absolute atomic E-state index is 6.21. The molecule has 1 aliphatic carbocycles. The highest BCUT2D eigenvalue weighted by atomic mass is 15.1. The van der Waals surface area contributed by atoms with Crippen LogP contribution in [0.15, 0.2) is 12.7 Å². The molecular weight excluding hydrogens is 210 g/mol. The van der Waals surface area contributed by atoms with E-state index in [4.69, 9.17) is 5.73 Å². The smallest absolute Gasteiger partial charge is 0.127 e. The van der Waals surface area contributed by atoms with Crippen molar-refractivity contribution < 1.29 is 0 Å². The van der Waals surface area contributed by atoms with E-state index >= 15 is 0 Å². The van der Waals surface area contributed by atoms with E-state index < -0.39 is 0 Å². The largest absolute Gasteiger partial charge is 0.384 e. The van der Waals surface area contributed by atoms with Crippen molar-refractivity contribution in [3.8, 4) is 0 Å². The number of anilines is 1. The van der Waals surface area contributed by atoms with Crippen molar-refractivity contribution in [1.29, 1.82) is 0 Å². The van der Waals surface area contributed by atoms with Crippen molar-refractivity contribution in [3.63, 3.8) is 0 Å². The summed E-state index contributed by atoms with van der Waals surface area (Å²) < 4.78 is 2.06. The van der Waals surface area contributed by atoms with Crippen LogP contribution >= 0.6 is 0 Å². The van der Waals surface area contributed by atoms with Crippen molar-refractivity contribution in [2.75, 3.05) is 5.73 Å². The Kier molecular flexibility index (Phi) is 3.55. The molecule has 1 aromatic heterocycles. The third kappa shape index (κ3) is 2.38. The Morgan fingerprint density at radius 1 is 1.41 bits per heavy atom. The monoisotopic (exact) mass is 233 g/mol. The normalized spacial score (nSPS) is 24.8. The van der Waals surface area contributed by atoms with E-state index in [0.717, 1.165) is 29.8 Å². The molecule has 0 radical (unpaired) electrons. The van der Waals surface area contributed by atoms with Gasteiger partial charge in [0.05, 0.1) is 5.69 Å². The minimum atomic E-state index is 0.566. The Labute approximate surface area is 104 Å². The lowest BCUT2D eigenvalue weighted by Gasteiger charge is -2.25. The van der Waals surface area contributed by atoms with Crippen LogP contribution in [0.5, 0.6) is 0 Å². The van der Waals surface area contributed by atoms with Gasteiger partial charge in [0.25, 0.3) is 0 Å². The average Bonchev–Trinajstić information content (AvgIpc) is 2.59. The summed E-state index contributed by atoms with van der Waals surface area (Å²) in [6.45, 7) is 8.88. The van der Waals surface area contributed by atoms with Gasteiger partial charge < -0.3 is 10.3 Å². The molecule has 0 unspecified atom stereocenters. The van der Waals surface area contributed by atoms with Crippen molar-refractivity contribution in [3.05, 3.63) is 24.2 Å². The lowest BCUT2D eigenvalue weighted by atomic mass is 9.81. The molecule has 94 valence electrons. The first-order valence-electron chi connectivity index (χ1n) is 6.56. The van der Waals surface area contributed by atoms with Gasteiger partial charge in [0.15, 0.2) is 0 Å². The Morgan fingerprint density at radius 3 is 2.65 bits per heavy atom. The van der Waals surface area contributed by atoms with Crippen LogP contribution in [-0.2, 0) is 6.54 Å². The van der Waals surface area contributed by atoms with Crippen LogP contribution in [0, 0.1) is 12.8 Å². The second-order valence-corrected chi connectivity index (χ2v) is 5.29. The number of aryl methyl sites for hydroxylation is 1. The number of nitrogens with zero attached hydrogens (tertiary/aromatic N) is 2. The maximum Gasteiger partial charge on any atom is 0.127 e. The van der Waals surface area contributed by atoms with Crippen molar-refractivity contribution in [2.24, 2.45) is 5.92 Å². The van der Waals surface area contributed by atoms with Crippen LogP contribution in [0.2, 0.25) is 0 Å². The van der Waals surface area contributed by atoms with E-state index in [2.05, 4.69) is 23.1 Å². The topological polar surface area (TPSA) is 43.8 Å². The number of nitrogen functional groups attached to an aromatic ring is 1. The highest BCUT2D eigenvalue weighted by Crippen LogP contribution is 2.37. The lowest BCUT2D eigenvalue weighted by Crippen LogP contribution is -2.13. The predicted molar refractivity (Wildman–Crippen MR) is 71.9 cm³/mol. The van der Waals surface area contributed by atoms with Gasteiger partial charge in [0, 0.05) is 12.5 Å². The van der Waals surface area contributed by atoms with E-state index in [0.29, 0.717) is 5.92 Å². The van der Waals surface area contributed by atoms with Crippen molar-refractivity contribution in [2.45, 2.75) is 52.0 Å². The summed E-state index contributed by atoms with van der Waals surface area (Å²) in [4.78, 5) is 4.67. The Balaban J connectivity index is 2.21. The van der Waals surface area contributed by atoms with Gasteiger partial charge in [-0.05, 0) is 25.7 Å². The third-order valence-electron chi connectivity index (χ3n) is 3.94. The van der Waals surface area contributed by atoms with Crippen LogP contribution in [0.1, 0.15) is 50.0 Å². The standard InChI is InChI=1S/C14H23N3/c1-4-9-17-11(3)16-13(14(17)15)12-7-5-10(2)6-8-12/h4,10,12H,1,5-9,15H2,2-3H3. The molecule has 2 N–H and O–H groups in total. The molecule has 3 heteroatoms. The molecule has 0 aliphatic heterocycles. The van der Waals surface area contributed by atoms with Crippen LogP contribution < -0.4 is 5.73 Å². The third-order valence-corrected chi connectivity index (χ3v) is 3.94. The molecule has 3 nitrogen and oxygen atoms in total. The first-order valence-corrected chi connectivity index (χ1v) is 6.56. The molecule has 0 aromatic carbocycles. The minimum Gasteiger partial charge on any atom is -0.384 e. The van der Waals surface area contributed by atoms with E-state index in [1.807, 2.05) is 13.0 Å². The zero-order chi connectivity index (χ0) is 12.4. The van der Waals surface area contributed by atoms with Gasteiger partial charge in [-0.2, -0.15) is 0 Å². The number of hydrogen-bond acceptors (Lipinski definition) is 2. The summed E-state index contributed by atoms with van der Waals surface area (Å²) in [5, 5.41) is 0. The van der Waals surface area contributed by atoms with Gasteiger partial charge in [0.2, 0.25) is 0 Å². The van der Waals surface area contributed by atoms with Gasteiger partial charge >= 0.3 is 0 Å². The molecule has 1 saturated carbocycles. The number of imidazole rings is 1.